The van der Waals surface area contributed by atoms with Crippen molar-refractivity contribution >= 4 is 65.4 Å². The molecular weight excluding hydrogens is 546 g/mol. The summed E-state index contributed by atoms with van der Waals surface area (Å²) in [6.45, 7) is 0. The average Bonchev–Trinajstić information content (AvgIpc) is 3.73. The molecule has 3 aromatic heterocycles. The molecule has 7 aromatic carbocycles. The fraction of sp³-hybridized carbons (Fsp3) is 0. The highest BCUT2D eigenvalue weighted by Gasteiger charge is 2.19. The van der Waals surface area contributed by atoms with Crippen LogP contribution in [0.4, 0.5) is 0 Å². The number of benzene rings is 7. The second kappa shape index (κ2) is 9.22. The molecule has 0 aliphatic rings. The fourth-order valence-electron chi connectivity index (χ4n) is 7.52. The van der Waals surface area contributed by atoms with E-state index in [1.54, 1.807) is 0 Å². The maximum absolute atomic E-state index is 2.45. The Hall–Kier alpha value is -6.06. The van der Waals surface area contributed by atoms with E-state index in [-0.39, 0.29) is 0 Å². The zero-order chi connectivity index (χ0) is 29.5. The highest BCUT2D eigenvalue weighted by atomic mass is 15.0. The van der Waals surface area contributed by atoms with Gasteiger partial charge in [0.1, 0.15) is 0 Å². The third-order valence-corrected chi connectivity index (χ3v) is 9.41. The van der Waals surface area contributed by atoms with Crippen LogP contribution in [-0.2, 0) is 0 Å². The van der Waals surface area contributed by atoms with E-state index in [9.17, 15) is 0 Å². The number of para-hydroxylation sites is 5. The van der Waals surface area contributed by atoms with Gasteiger partial charge in [-0.15, -0.1) is 0 Å². The maximum atomic E-state index is 2.45. The summed E-state index contributed by atoms with van der Waals surface area (Å²) in [7, 11) is 0. The Labute approximate surface area is 259 Å². The van der Waals surface area contributed by atoms with Gasteiger partial charge in [0, 0.05) is 49.4 Å². The third-order valence-electron chi connectivity index (χ3n) is 9.41. The SMILES string of the molecule is c1ccc(-n2c3ccccc3c3cc(-n4c5ccccc5c5cc6c7ccccc7n(-c7ccccc7)c6cc54)ccc32)cc1. The zero-order valence-corrected chi connectivity index (χ0v) is 24.4. The molecule has 0 fully saturated rings. The van der Waals surface area contributed by atoms with Crippen molar-refractivity contribution in [3.8, 4) is 17.1 Å². The molecule has 0 radical (unpaired) electrons. The molecule has 0 aliphatic heterocycles. The van der Waals surface area contributed by atoms with Gasteiger partial charge in [0.05, 0.1) is 33.1 Å². The second-order valence-corrected chi connectivity index (χ2v) is 11.8. The van der Waals surface area contributed by atoms with E-state index in [1.165, 1.54) is 76.8 Å². The molecule has 10 rings (SSSR count). The van der Waals surface area contributed by atoms with Gasteiger partial charge in [0.2, 0.25) is 0 Å². The van der Waals surface area contributed by atoms with Gasteiger partial charge >= 0.3 is 0 Å². The first-order chi connectivity index (χ1) is 22.3. The van der Waals surface area contributed by atoms with Crippen LogP contribution in [0.1, 0.15) is 0 Å². The van der Waals surface area contributed by atoms with Crippen LogP contribution in [0.25, 0.3) is 82.5 Å². The number of hydrogen-bond donors (Lipinski definition) is 0. The van der Waals surface area contributed by atoms with E-state index < -0.39 is 0 Å². The normalized spacial score (nSPS) is 12.0. The van der Waals surface area contributed by atoms with Crippen LogP contribution < -0.4 is 0 Å². The van der Waals surface area contributed by atoms with Gasteiger partial charge in [0.25, 0.3) is 0 Å². The van der Waals surface area contributed by atoms with Crippen molar-refractivity contribution < 1.29 is 0 Å². The molecule has 0 saturated carbocycles. The first-order valence-electron chi connectivity index (χ1n) is 15.5. The molecule has 0 N–H and O–H groups in total. The Balaban J connectivity index is 1.32. The summed E-state index contributed by atoms with van der Waals surface area (Å²) in [6, 6.07) is 59.4. The third kappa shape index (κ3) is 3.41. The van der Waals surface area contributed by atoms with Crippen molar-refractivity contribution in [1.29, 1.82) is 0 Å². The first-order valence-corrected chi connectivity index (χ1v) is 15.5. The summed E-state index contributed by atoms with van der Waals surface area (Å²) >= 11 is 0. The number of fused-ring (bicyclic) bond motifs is 9. The smallest absolute Gasteiger partial charge is 0.0562 e. The number of rotatable bonds is 3. The van der Waals surface area contributed by atoms with E-state index in [1.807, 2.05) is 0 Å². The number of hydrogen-bond acceptors (Lipinski definition) is 0. The highest BCUT2D eigenvalue weighted by molar-refractivity contribution is 6.19. The Kier molecular flexibility index (Phi) is 5.00. The number of aromatic nitrogens is 3. The minimum absolute atomic E-state index is 1.16. The van der Waals surface area contributed by atoms with Crippen LogP contribution in [0.2, 0.25) is 0 Å². The standard InChI is InChI=1S/C42H27N3/c1-3-13-28(14-4-1)43-37-20-10-7-17-31(37)34-25-30(23-24-40(34)43)45-39-22-12-9-19-33(39)36-26-35-32-18-8-11-21-38(32)44(41(35)27-42(36)45)29-15-5-2-6-16-29/h1-27H. The fourth-order valence-corrected chi connectivity index (χ4v) is 7.52. The quantitative estimate of drug-likeness (QED) is 0.200. The van der Waals surface area contributed by atoms with Crippen molar-refractivity contribution in [1.82, 2.24) is 13.7 Å². The van der Waals surface area contributed by atoms with E-state index in [0.29, 0.717) is 0 Å². The predicted octanol–water partition coefficient (Wildman–Crippen LogP) is 11.0. The summed E-state index contributed by atoms with van der Waals surface area (Å²) in [5, 5.41) is 7.57. The van der Waals surface area contributed by atoms with Gasteiger partial charge in [-0.25, -0.2) is 0 Å². The lowest BCUT2D eigenvalue weighted by Gasteiger charge is -2.11. The summed E-state index contributed by atoms with van der Waals surface area (Å²) < 4.78 is 7.23. The second-order valence-electron chi connectivity index (χ2n) is 11.8. The summed E-state index contributed by atoms with van der Waals surface area (Å²) in [6.07, 6.45) is 0. The largest absolute Gasteiger partial charge is 0.309 e. The molecular formula is C42H27N3. The number of nitrogens with zero attached hydrogens (tertiary/aromatic N) is 3. The summed E-state index contributed by atoms with van der Waals surface area (Å²) in [5.74, 6) is 0. The van der Waals surface area contributed by atoms with Crippen molar-refractivity contribution in [3.05, 3.63) is 164 Å². The Bertz CT molecular complexity index is 2740. The Morgan fingerprint density at radius 2 is 0.600 bits per heavy atom. The first kappa shape index (κ1) is 24.4. The molecule has 0 amide bonds. The Morgan fingerprint density at radius 3 is 1.11 bits per heavy atom. The van der Waals surface area contributed by atoms with Gasteiger partial charge in [0.15, 0.2) is 0 Å². The van der Waals surface area contributed by atoms with Crippen LogP contribution in [-0.4, -0.2) is 13.7 Å². The van der Waals surface area contributed by atoms with Gasteiger partial charge < -0.3 is 13.7 Å². The molecule has 0 unspecified atom stereocenters. The van der Waals surface area contributed by atoms with Crippen LogP contribution in [0, 0.1) is 0 Å². The molecule has 45 heavy (non-hydrogen) atoms. The average molecular weight is 574 g/mol. The van der Waals surface area contributed by atoms with Gasteiger partial charge in [-0.2, -0.15) is 0 Å². The minimum Gasteiger partial charge on any atom is -0.309 e. The van der Waals surface area contributed by atoms with Crippen molar-refractivity contribution in [2.24, 2.45) is 0 Å². The molecule has 3 heteroatoms. The molecule has 0 saturated heterocycles. The minimum atomic E-state index is 1.16. The topological polar surface area (TPSA) is 14.8 Å². The molecule has 0 spiro atoms. The van der Waals surface area contributed by atoms with Crippen LogP contribution in [0.15, 0.2) is 164 Å². The van der Waals surface area contributed by atoms with E-state index >= 15 is 0 Å². The molecule has 10 aromatic rings. The summed E-state index contributed by atoms with van der Waals surface area (Å²) in [5.41, 5.74) is 10.8. The molecule has 3 heterocycles. The van der Waals surface area contributed by atoms with Crippen molar-refractivity contribution in [3.63, 3.8) is 0 Å². The van der Waals surface area contributed by atoms with Crippen molar-refractivity contribution in [2.45, 2.75) is 0 Å². The zero-order valence-electron chi connectivity index (χ0n) is 24.4. The van der Waals surface area contributed by atoms with Crippen LogP contribution in [0.5, 0.6) is 0 Å². The molecule has 0 atom stereocenters. The van der Waals surface area contributed by atoms with E-state index in [2.05, 4.69) is 177 Å². The Morgan fingerprint density at radius 1 is 0.222 bits per heavy atom. The lowest BCUT2D eigenvalue weighted by atomic mass is 10.1. The van der Waals surface area contributed by atoms with E-state index in [4.69, 9.17) is 0 Å². The molecule has 3 nitrogen and oxygen atoms in total. The maximum Gasteiger partial charge on any atom is 0.0562 e. The van der Waals surface area contributed by atoms with Gasteiger partial charge in [-0.3, -0.25) is 0 Å². The van der Waals surface area contributed by atoms with Crippen molar-refractivity contribution in [2.75, 3.05) is 0 Å². The van der Waals surface area contributed by atoms with Gasteiger partial charge in [-0.05, 0) is 72.8 Å². The monoisotopic (exact) mass is 573 g/mol. The van der Waals surface area contributed by atoms with Crippen LogP contribution >= 0.6 is 0 Å². The molecule has 0 aliphatic carbocycles. The molecule has 0 bridgehead atoms. The molecule has 210 valence electrons. The van der Waals surface area contributed by atoms with Gasteiger partial charge in [-0.1, -0.05) is 91.0 Å². The van der Waals surface area contributed by atoms with Crippen LogP contribution in [0.3, 0.4) is 0 Å². The lowest BCUT2D eigenvalue weighted by Crippen LogP contribution is -1.96. The van der Waals surface area contributed by atoms with E-state index in [0.717, 1.165) is 5.69 Å². The summed E-state index contributed by atoms with van der Waals surface area (Å²) in [4.78, 5) is 0. The highest BCUT2D eigenvalue weighted by Crippen LogP contribution is 2.41. The predicted molar refractivity (Wildman–Crippen MR) is 189 cm³/mol. The lowest BCUT2D eigenvalue weighted by molar-refractivity contribution is 1.16.